The van der Waals surface area contributed by atoms with Gasteiger partial charge in [0, 0.05) is 27.8 Å². The van der Waals surface area contributed by atoms with Crippen molar-refractivity contribution in [2.24, 2.45) is 5.92 Å². The molecule has 1 atom stereocenters. The van der Waals surface area contributed by atoms with Gasteiger partial charge in [-0.05, 0) is 71.7 Å². The molecule has 1 aromatic carbocycles. The number of benzene rings is 1. The summed E-state index contributed by atoms with van der Waals surface area (Å²) in [6.07, 6.45) is 3.44. The minimum absolute atomic E-state index is 0.0168. The first-order chi connectivity index (χ1) is 14.1. The van der Waals surface area contributed by atoms with E-state index in [1.807, 2.05) is 18.2 Å². The Balaban J connectivity index is 1.35. The second-order valence-corrected chi connectivity index (χ2v) is 8.29. The number of anilines is 1. The monoisotopic (exact) mass is 475 g/mol. The third-order valence-corrected chi connectivity index (χ3v) is 5.49. The van der Waals surface area contributed by atoms with Gasteiger partial charge in [-0.1, -0.05) is 11.6 Å². The van der Waals surface area contributed by atoms with E-state index in [1.54, 1.807) is 24.4 Å². The number of rotatable bonds is 5. The number of pyridine rings is 1. The maximum absolute atomic E-state index is 12.6. The molecule has 1 unspecified atom stereocenters. The molecule has 0 bridgehead atoms. The average Bonchev–Trinajstić information content (AvgIpc) is 3.19. The highest BCUT2D eigenvalue weighted by Crippen LogP contribution is 2.23. The van der Waals surface area contributed by atoms with Gasteiger partial charge in [0.25, 0.3) is 0 Å². The fraction of sp³-hybridized carbons (Fsp3) is 0.300. The van der Waals surface area contributed by atoms with Gasteiger partial charge in [0.2, 0.25) is 17.7 Å². The van der Waals surface area contributed by atoms with Crippen LogP contribution in [0.4, 0.5) is 5.82 Å². The van der Waals surface area contributed by atoms with Crippen molar-refractivity contribution in [2.45, 2.75) is 19.4 Å². The first kappa shape index (κ1) is 20.0. The number of aromatic nitrogens is 3. The summed E-state index contributed by atoms with van der Waals surface area (Å²) in [6.45, 7) is 2.04. The summed E-state index contributed by atoms with van der Waals surface area (Å²) < 4.78 is 6.67. The van der Waals surface area contributed by atoms with E-state index in [4.69, 9.17) is 16.0 Å². The molecular formula is C20H19BrClN5O2. The molecule has 4 rings (SSSR count). The highest BCUT2D eigenvalue weighted by molar-refractivity contribution is 9.10. The number of piperidine rings is 1. The number of nitrogens with one attached hydrogen (secondary N) is 1. The van der Waals surface area contributed by atoms with Crippen molar-refractivity contribution in [3.8, 4) is 11.5 Å². The molecule has 0 spiro atoms. The Morgan fingerprint density at radius 2 is 2.07 bits per heavy atom. The third kappa shape index (κ3) is 5.20. The predicted octanol–water partition coefficient (Wildman–Crippen LogP) is 4.40. The van der Waals surface area contributed by atoms with Gasteiger partial charge < -0.3 is 9.73 Å². The van der Waals surface area contributed by atoms with Crippen molar-refractivity contribution in [2.75, 3.05) is 18.4 Å². The topological polar surface area (TPSA) is 84.2 Å². The van der Waals surface area contributed by atoms with Crippen molar-refractivity contribution < 1.29 is 9.21 Å². The van der Waals surface area contributed by atoms with Gasteiger partial charge in [0.05, 0.1) is 12.5 Å². The molecule has 3 aromatic rings. The molecule has 1 fully saturated rings. The first-order valence-electron chi connectivity index (χ1n) is 9.30. The van der Waals surface area contributed by atoms with Crippen LogP contribution in [0.1, 0.15) is 18.7 Å². The van der Waals surface area contributed by atoms with Crippen LogP contribution in [0, 0.1) is 5.92 Å². The summed E-state index contributed by atoms with van der Waals surface area (Å²) in [4.78, 5) is 19.0. The highest BCUT2D eigenvalue weighted by atomic mass is 79.9. The van der Waals surface area contributed by atoms with Crippen molar-refractivity contribution >= 4 is 39.3 Å². The number of likely N-dealkylation sites (tertiary alicyclic amines) is 1. The number of carbonyl (C=O) groups is 1. The van der Waals surface area contributed by atoms with E-state index >= 15 is 0 Å². The molecule has 7 nitrogen and oxygen atoms in total. The molecule has 150 valence electrons. The molecule has 1 saturated heterocycles. The van der Waals surface area contributed by atoms with Gasteiger partial charge in [-0.25, -0.2) is 4.98 Å². The van der Waals surface area contributed by atoms with Crippen molar-refractivity contribution in [3.63, 3.8) is 0 Å². The van der Waals surface area contributed by atoms with E-state index in [1.165, 1.54) is 0 Å². The Labute approximate surface area is 181 Å². The molecule has 1 aliphatic rings. The zero-order valence-electron chi connectivity index (χ0n) is 15.5. The summed E-state index contributed by atoms with van der Waals surface area (Å²) in [6, 6.07) is 10.9. The standard InChI is InChI=1S/C20H19BrClN5O2/c21-15-5-8-17(23-10-15)24-19(28)14-2-1-9-27(11-14)12-18-25-26-20(29-18)13-3-6-16(22)7-4-13/h3-8,10,14H,1-2,9,11-12H2,(H,23,24,28). The molecule has 0 radical (unpaired) electrons. The van der Waals surface area contributed by atoms with Crippen LogP contribution in [0.5, 0.6) is 0 Å². The normalized spacial score (nSPS) is 17.2. The van der Waals surface area contributed by atoms with E-state index < -0.39 is 0 Å². The van der Waals surface area contributed by atoms with Crippen molar-refractivity contribution in [3.05, 3.63) is 58.0 Å². The lowest BCUT2D eigenvalue weighted by molar-refractivity contribution is -0.121. The van der Waals surface area contributed by atoms with Gasteiger partial charge in [0.1, 0.15) is 5.82 Å². The molecule has 3 heterocycles. The third-order valence-electron chi connectivity index (χ3n) is 4.77. The molecule has 1 aliphatic heterocycles. The van der Waals surface area contributed by atoms with Crippen LogP contribution in [0.3, 0.4) is 0 Å². The summed E-state index contributed by atoms with van der Waals surface area (Å²) in [5.74, 6) is 1.43. The summed E-state index contributed by atoms with van der Waals surface area (Å²) in [5, 5.41) is 11.8. The zero-order valence-corrected chi connectivity index (χ0v) is 17.9. The number of hydrogen-bond acceptors (Lipinski definition) is 6. The van der Waals surface area contributed by atoms with Crippen LogP contribution >= 0.6 is 27.5 Å². The number of carbonyl (C=O) groups excluding carboxylic acids is 1. The smallest absolute Gasteiger partial charge is 0.247 e. The Morgan fingerprint density at radius 3 is 2.83 bits per heavy atom. The lowest BCUT2D eigenvalue weighted by atomic mass is 9.97. The summed E-state index contributed by atoms with van der Waals surface area (Å²) in [5.41, 5.74) is 0.825. The number of hydrogen-bond donors (Lipinski definition) is 1. The second kappa shape index (κ2) is 9.02. The molecular weight excluding hydrogens is 458 g/mol. The van der Waals surface area contributed by atoms with Gasteiger partial charge >= 0.3 is 0 Å². The molecule has 29 heavy (non-hydrogen) atoms. The minimum Gasteiger partial charge on any atom is -0.419 e. The first-order valence-corrected chi connectivity index (χ1v) is 10.5. The Kier molecular flexibility index (Phi) is 6.22. The van der Waals surface area contributed by atoms with Gasteiger partial charge in [-0.3, -0.25) is 9.69 Å². The molecule has 0 saturated carbocycles. The van der Waals surface area contributed by atoms with Crippen LogP contribution in [0.15, 0.2) is 51.5 Å². The fourth-order valence-electron chi connectivity index (χ4n) is 3.31. The van der Waals surface area contributed by atoms with Crippen molar-refractivity contribution in [1.82, 2.24) is 20.1 Å². The average molecular weight is 477 g/mol. The van der Waals surface area contributed by atoms with E-state index in [0.717, 1.165) is 29.4 Å². The maximum Gasteiger partial charge on any atom is 0.247 e. The second-order valence-electron chi connectivity index (χ2n) is 6.93. The van der Waals surface area contributed by atoms with Gasteiger partial charge in [0.15, 0.2) is 0 Å². The van der Waals surface area contributed by atoms with Crippen LogP contribution in [-0.2, 0) is 11.3 Å². The molecule has 9 heteroatoms. The lowest BCUT2D eigenvalue weighted by Gasteiger charge is -2.30. The van der Waals surface area contributed by atoms with Crippen LogP contribution in [-0.4, -0.2) is 39.1 Å². The number of nitrogens with zero attached hydrogens (tertiary/aromatic N) is 4. The number of halogens is 2. The predicted molar refractivity (Wildman–Crippen MR) is 113 cm³/mol. The quantitative estimate of drug-likeness (QED) is 0.588. The van der Waals surface area contributed by atoms with E-state index in [2.05, 4.69) is 41.3 Å². The van der Waals surface area contributed by atoms with Crippen LogP contribution in [0.2, 0.25) is 5.02 Å². The van der Waals surface area contributed by atoms with Crippen LogP contribution < -0.4 is 5.32 Å². The number of amides is 1. The van der Waals surface area contributed by atoms with Gasteiger partial charge in [-0.15, -0.1) is 10.2 Å². The van der Waals surface area contributed by atoms with Crippen molar-refractivity contribution in [1.29, 1.82) is 0 Å². The van der Waals surface area contributed by atoms with E-state index in [-0.39, 0.29) is 11.8 Å². The van der Waals surface area contributed by atoms with Gasteiger partial charge in [-0.2, -0.15) is 0 Å². The Morgan fingerprint density at radius 1 is 1.24 bits per heavy atom. The van der Waals surface area contributed by atoms with Crippen LogP contribution in [0.25, 0.3) is 11.5 Å². The zero-order chi connectivity index (χ0) is 20.2. The fourth-order valence-corrected chi connectivity index (χ4v) is 3.67. The lowest BCUT2D eigenvalue weighted by Crippen LogP contribution is -2.40. The maximum atomic E-state index is 12.6. The highest BCUT2D eigenvalue weighted by Gasteiger charge is 2.27. The largest absolute Gasteiger partial charge is 0.419 e. The molecule has 2 aromatic heterocycles. The molecule has 0 aliphatic carbocycles. The Bertz CT molecular complexity index is 977. The molecule has 1 amide bonds. The minimum atomic E-state index is -0.104. The van der Waals surface area contributed by atoms with E-state index in [0.29, 0.717) is 35.7 Å². The molecule has 1 N–H and O–H groups in total. The summed E-state index contributed by atoms with van der Waals surface area (Å²) in [7, 11) is 0. The summed E-state index contributed by atoms with van der Waals surface area (Å²) >= 11 is 9.26. The Hall–Kier alpha value is -2.29. The van der Waals surface area contributed by atoms with E-state index in [9.17, 15) is 4.79 Å². The SMILES string of the molecule is O=C(Nc1ccc(Br)cn1)C1CCCN(Cc2nnc(-c3ccc(Cl)cc3)o2)C1.